The standard InChI is InChI=1S/C18H19Cl2N3O3/c1-23(10-17(24)21-14-3-5-16(26-2)6-4-14)11-18(25)22-15-8-12(19)7-13(20)9-15/h3-9H,10-11H2,1-2H3,(H,21,24)(H,22,25)/p+1. The first-order valence-electron chi connectivity index (χ1n) is 7.87. The monoisotopic (exact) mass is 396 g/mol. The van der Waals surface area contributed by atoms with Gasteiger partial charge in [0.1, 0.15) is 5.75 Å². The Labute approximate surface area is 162 Å². The second-order valence-electron chi connectivity index (χ2n) is 5.79. The third-order valence-electron chi connectivity index (χ3n) is 3.44. The molecule has 0 aromatic heterocycles. The van der Waals surface area contributed by atoms with Gasteiger partial charge < -0.3 is 20.3 Å². The fourth-order valence-electron chi connectivity index (χ4n) is 2.32. The Morgan fingerprint density at radius 3 is 1.92 bits per heavy atom. The molecule has 0 bridgehead atoms. The van der Waals surface area contributed by atoms with Crippen LogP contribution < -0.4 is 20.3 Å². The van der Waals surface area contributed by atoms with Crippen molar-refractivity contribution in [1.82, 2.24) is 0 Å². The van der Waals surface area contributed by atoms with Gasteiger partial charge in [0, 0.05) is 21.4 Å². The van der Waals surface area contributed by atoms with Gasteiger partial charge in [-0.15, -0.1) is 0 Å². The highest BCUT2D eigenvalue weighted by Gasteiger charge is 2.15. The largest absolute Gasteiger partial charge is 0.497 e. The van der Waals surface area contributed by atoms with Gasteiger partial charge in [0.2, 0.25) is 0 Å². The number of amides is 2. The molecule has 6 nitrogen and oxygen atoms in total. The van der Waals surface area contributed by atoms with E-state index in [0.29, 0.717) is 27.2 Å². The molecule has 3 N–H and O–H groups in total. The lowest BCUT2D eigenvalue weighted by Crippen LogP contribution is -3.11. The number of quaternary nitrogens is 1. The number of hydrogen-bond acceptors (Lipinski definition) is 3. The highest BCUT2D eigenvalue weighted by Crippen LogP contribution is 2.22. The third-order valence-corrected chi connectivity index (χ3v) is 3.88. The molecule has 0 fully saturated rings. The Hall–Kier alpha value is -2.28. The molecule has 0 aliphatic carbocycles. The summed E-state index contributed by atoms with van der Waals surface area (Å²) >= 11 is 11.8. The summed E-state index contributed by atoms with van der Waals surface area (Å²) in [6, 6.07) is 11.8. The zero-order valence-corrected chi connectivity index (χ0v) is 15.9. The van der Waals surface area contributed by atoms with E-state index in [4.69, 9.17) is 27.9 Å². The zero-order chi connectivity index (χ0) is 19.1. The molecule has 2 rings (SSSR count). The summed E-state index contributed by atoms with van der Waals surface area (Å²) in [5.74, 6) is 0.285. The molecule has 0 saturated heterocycles. The maximum atomic E-state index is 12.1. The summed E-state index contributed by atoms with van der Waals surface area (Å²) in [5, 5.41) is 6.37. The van der Waals surface area contributed by atoms with Crippen LogP contribution >= 0.6 is 23.2 Å². The highest BCUT2D eigenvalue weighted by atomic mass is 35.5. The van der Waals surface area contributed by atoms with Crippen LogP contribution in [0, 0.1) is 0 Å². The van der Waals surface area contributed by atoms with Crippen molar-refractivity contribution in [2.24, 2.45) is 0 Å². The molecule has 2 aromatic carbocycles. The fourth-order valence-corrected chi connectivity index (χ4v) is 2.85. The van der Waals surface area contributed by atoms with Gasteiger partial charge in [0.05, 0.1) is 14.2 Å². The summed E-state index contributed by atoms with van der Waals surface area (Å²) in [5.41, 5.74) is 1.18. The Bertz CT molecular complexity index is 762. The number of halogens is 2. The van der Waals surface area contributed by atoms with Crippen LogP contribution in [-0.4, -0.2) is 39.1 Å². The lowest BCUT2D eigenvalue weighted by Gasteiger charge is -2.14. The van der Waals surface area contributed by atoms with Crippen molar-refractivity contribution in [1.29, 1.82) is 0 Å². The van der Waals surface area contributed by atoms with Crippen molar-refractivity contribution in [2.75, 3.05) is 37.9 Å². The lowest BCUT2D eigenvalue weighted by molar-refractivity contribution is -0.862. The minimum absolute atomic E-state index is 0.125. The van der Waals surface area contributed by atoms with Crippen LogP contribution in [-0.2, 0) is 9.59 Å². The first kappa shape index (κ1) is 20.0. The van der Waals surface area contributed by atoms with E-state index < -0.39 is 0 Å². The Morgan fingerprint density at radius 1 is 0.923 bits per heavy atom. The number of anilines is 2. The number of carbonyl (C=O) groups is 2. The maximum Gasteiger partial charge on any atom is 0.279 e. The topological polar surface area (TPSA) is 71.9 Å². The predicted octanol–water partition coefficient (Wildman–Crippen LogP) is 2.09. The first-order chi connectivity index (χ1) is 12.4. The quantitative estimate of drug-likeness (QED) is 0.670. The Kier molecular flexibility index (Phi) is 7.26. The molecule has 0 heterocycles. The number of carbonyl (C=O) groups excluding carboxylic acids is 2. The summed E-state index contributed by atoms with van der Waals surface area (Å²) in [7, 11) is 3.34. The number of methoxy groups -OCH3 is 1. The van der Waals surface area contributed by atoms with Crippen LogP contribution in [0.15, 0.2) is 42.5 Å². The molecule has 1 atom stereocenters. The van der Waals surface area contributed by atoms with Gasteiger partial charge >= 0.3 is 0 Å². The van der Waals surface area contributed by atoms with Crippen LogP contribution in [0.4, 0.5) is 11.4 Å². The van der Waals surface area contributed by atoms with E-state index in [-0.39, 0.29) is 24.9 Å². The Balaban J connectivity index is 1.81. The number of likely N-dealkylation sites (N-methyl/N-ethyl adjacent to an activating group) is 1. The van der Waals surface area contributed by atoms with Gasteiger partial charge in [0.25, 0.3) is 11.8 Å². The number of nitrogens with one attached hydrogen (secondary N) is 3. The molecule has 0 aliphatic heterocycles. The molecular formula is C18H20Cl2N3O3+. The van der Waals surface area contributed by atoms with Gasteiger partial charge in [0.15, 0.2) is 13.1 Å². The summed E-state index contributed by atoms with van der Waals surface area (Å²) < 4.78 is 5.07. The van der Waals surface area contributed by atoms with Gasteiger partial charge in [-0.25, -0.2) is 0 Å². The second kappa shape index (κ2) is 9.43. The molecule has 2 aromatic rings. The van der Waals surface area contributed by atoms with Crippen LogP contribution in [0.25, 0.3) is 0 Å². The molecule has 2 amide bonds. The number of hydrogen-bond donors (Lipinski definition) is 3. The van der Waals surface area contributed by atoms with E-state index in [0.717, 1.165) is 4.90 Å². The van der Waals surface area contributed by atoms with Crippen LogP contribution in [0.1, 0.15) is 0 Å². The molecule has 0 radical (unpaired) electrons. The van der Waals surface area contributed by atoms with Gasteiger partial charge in [-0.3, -0.25) is 9.59 Å². The summed E-state index contributed by atoms with van der Waals surface area (Å²) in [6.07, 6.45) is 0. The minimum atomic E-state index is -0.238. The highest BCUT2D eigenvalue weighted by molar-refractivity contribution is 6.35. The van der Waals surface area contributed by atoms with E-state index >= 15 is 0 Å². The fraction of sp³-hybridized carbons (Fsp3) is 0.222. The Morgan fingerprint density at radius 2 is 1.42 bits per heavy atom. The van der Waals surface area contributed by atoms with Crippen LogP contribution in [0.5, 0.6) is 5.75 Å². The average Bonchev–Trinajstić information content (AvgIpc) is 2.53. The SMILES string of the molecule is COc1ccc(NC(=O)C[NH+](C)CC(=O)Nc2cc(Cl)cc(Cl)c2)cc1. The van der Waals surface area contributed by atoms with Crippen molar-refractivity contribution < 1.29 is 19.2 Å². The number of ether oxygens (including phenoxy) is 1. The molecule has 0 aliphatic rings. The minimum Gasteiger partial charge on any atom is -0.497 e. The molecule has 1 unspecified atom stereocenters. The lowest BCUT2D eigenvalue weighted by atomic mass is 10.3. The molecule has 138 valence electrons. The van der Waals surface area contributed by atoms with Crippen molar-refractivity contribution in [3.8, 4) is 5.75 Å². The van der Waals surface area contributed by atoms with E-state index in [1.165, 1.54) is 0 Å². The van der Waals surface area contributed by atoms with Crippen molar-refractivity contribution in [3.63, 3.8) is 0 Å². The number of rotatable bonds is 7. The average molecular weight is 397 g/mol. The molecule has 8 heteroatoms. The van der Waals surface area contributed by atoms with E-state index in [1.807, 2.05) is 0 Å². The predicted molar refractivity (Wildman–Crippen MR) is 103 cm³/mol. The third kappa shape index (κ3) is 6.55. The summed E-state index contributed by atoms with van der Waals surface area (Å²) in [4.78, 5) is 24.9. The number of benzene rings is 2. The van der Waals surface area contributed by atoms with Crippen LogP contribution in [0.3, 0.4) is 0 Å². The van der Waals surface area contributed by atoms with Crippen LogP contribution in [0.2, 0.25) is 10.0 Å². The van der Waals surface area contributed by atoms with E-state index in [9.17, 15) is 9.59 Å². The second-order valence-corrected chi connectivity index (χ2v) is 6.67. The van der Waals surface area contributed by atoms with Gasteiger partial charge in [-0.2, -0.15) is 0 Å². The molecule has 0 spiro atoms. The van der Waals surface area contributed by atoms with Crippen molar-refractivity contribution in [3.05, 3.63) is 52.5 Å². The van der Waals surface area contributed by atoms with Crippen molar-refractivity contribution in [2.45, 2.75) is 0 Å². The molecular weight excluding hydrogens is 377 g/mol. The first-order valence-corrected chi connectivity index (χ1v) is 8.62. The summed E-state index contributed by atoms with van der Waals surface area (Å²) in [6.45, 7) is 0.274. The normalized spacial score (nSPS) is 11.5. The van der Waals surface area contributed by atoms with Crippen molar-refractivity contribution >= 4 is 46.4 Å². The molecule has 26 heavy (non-hydrogen) atoms. The maximum absolute atomic E-state index is 12.1. The van der Waals surface area contributed by atoms with E-state index in [1.54, 1.807) is 56.6 Å². The smallest absolute Gasteiger partial charge is 0.279 e. The molecule has 0 saturated carbocycles. The van der Waals surface area contributed by atoms with E-state index in [2.05, 4.69) is 10.6 Å². The van der Waals surface area contributed by atoms with Gasteiger partial charge in [-0.1, -0.05) is 23.2 Å². The zero-order valence-electron chi connectivity index (χ0n) is 14.4. The van der Waals surface area contributed by atoms with Gasteiger partial charge in [-0.05, 0) is 42.5 Å².